The van der Waals surface area contributed by atoms with Crippen molar-refractivity contribution in [1.82, 2.24) is 0 Å². The summed E-state index contributed by atoms with van der Waals surface area (Å²) in [5, 5.41) is 5.94. The third-order valence-corrected chi connectivity index (χ3v) is 5.59. The lowest BCUT2D eigenvalue weighted by Crippen LogP contribution is -2.22. The summed E-state index contributed by atoms with van der Waals surface area (Å²) < 4.78 is 5.12. The van der Waals surface area contributed by atoms with E-state index in [2.05, 4.69) is 10.6 Å². The lowest BCUT2D eigenvalue weighted by Gasteiger charge is -2.13. The number of methoxy groups -OCH3 is 1. The van der Waals surface area contributed by atoms with Crippen LogP contribution in [0.1, 0.15) is 17.3 Å². The van der Waals surface area contributed by atoms with Crippen molar-refractivity contribution in [1.29, 1.82) is 0 Å². The molecule has 0 heterocycles. The molecule has 0 aliphatic rings. The summed E-state index contributed by atoms with van der Waals surface area (Å²) in [6.07, 6.45) is 0. The van der Waals surface area contributed by atoms with Gasteiger partial charge in [0.05, 0.1) is 12.4 Å². The smallest absolute Gasteiger partial charge is 0.255 e. The fraction of sp³-hybridized carbons (Fsp3) is 0.130. The first-order valence-electron chi connectivity index (χ1n) is 9.23. The van der Waals surface area contributed by atoms with Gasteiger partial charge in [-0.15, -0.1) is 11.8 Å². The molecule has 0 saturated carbocycles. The first kappa shape index (κ1) is 21.7. The molecule has 0 aliphatic heterocycles. The average molecular weight is 441 g/mol. The summed E-state index contributed by atoms with van der Waals surface area (Å²) in [6.45, 7) is 1.85. The highest BCUT2D eigenvalue weighted by Crippen LogP contribution is 2.26. The van der Waals surface area contributed by atoms with E-state index in [1.54, 1.807) is 67.8 Å². The molecule has 0 saturated heterocycles. The summed E-state index contributed by atoms with van der Waals surface area (Å²) in [4.78, 5) is 25.7. The molecule has 3 rings (SSSR count). The molecule has 0 radical (unpaired) electrons. The standard InChI is InChI=1S/C23H21ClN2O3S/c1-15(22(27)25-18-6-10-20(29-2)11-7-18)30-21-12-8-19(9-13-21)26-23(28)16-4-3-5-17(24)14-16/h3-15H,1-2H3,(H,25,27)(H,26,28). The molecule has 30 heavy (non-hydrogen) atoms. The van der Waals surface area contributed by atoms with E-state index in [0.29, 0.717) is 22.0 Å². The molecular formula is C23H21ClN2O3S. The van der Waals surface area contributed by atoms with Crippen molar-refractivity contribution in [2.24, 2.45) is 0 Å². The Bertz CT molecular complexity index is 1020. The zero-order valence-corrected chi connectivity index (χ0v) is 18.1. The lowest BCUT2D eigenvalue weighted by molar-refractivity contribution is -0.115. The number of thioether (sulfide) groups is 1. The van der Waals surface area contributed by atoms with Crippen molar-refractivity contribution in [2.75, 3.05) is 17.7 Å². The number of rotatable bonds is 7. The third kappa shape index (κ3) is 6.02. The number of carbonyl (C=O) groups is 2. The number of anilines is 2. The number of hydrogen-bond acceptors (Lipinski definition) is 4. The number of ether oxygens (including phenoxy) is 1. The predicted octanol–water partition coefficient (Wildman–Crippen LogP) is 5.72. The van der Waals surface area contributed by atoms with Gasteiger partial charge in [0.15, 0.2) is 0 Å². The predicted molar refractivity (Wildman–Crippen MR) is 123 cm³/mol. The Kier molecular flexibility index (Phi) is 7.38. The van der Waals surface area contributed by atoms with E-state index in [0.717, 1.165) is 10.6 Å². The van der Waals surface area contributed by atoms with Gasteiger partial charge in [-0.3, -0.25) is 9.59 Å². The van der Waals surface area contributed by atoms with E-state index in [1.165, 1.54) is 11.8 Å². The van der Waals surface area contributed by atoms with E-state index >= 15 is 0 Å². The van der Waals surface area contributed by atoms with Gasteiger partial charge in [-0.25, -0.2) is 0 Å². The first-order chi connectivity index (χ1) is 14.4. The van der Waals surface area contributed by atoms with Crippen LogP contribution in [-0.2, 0) is 4.79 Å². The number of hydrogen-bond donors (Lipinski definition) is 2. The lowest BCUT2D eigenvalue weighted by atomic mass is 10.2. The van der Waals surface area contributed by atoms with Crippen LogP contribution in [0.4, 0.5) is 11.4 Å². The van der Waals surface area contributed by atoms with Crippen molar-refractivity contribution in [3.63, 3.8) is 0 Å². The van der Waals surface area contributed by atoms with Crippen LogP contribution in [0.5, 0.6) is 5.75 Å². The Labute approximate surface area is 184 Å². The van der Waals surface area contributed by atoms with Crippen LogP contribution in [0.2, 0.25) is 5.02 Å². The normalized spacial score (nSPS) is 11.4. The minimum atomic E-state index is -0.293. The molecule has 0 fully saturated rings. The summed E-state index contributed by atoms with van der Waals surface area (Å²) in [6, 6.07) is 21.3. The van der Waals surface area contributed by atoms with Gasteiger partial charge in [0.25, 0.3) is 5.91 Å². The maximum atomic E-state index is 12.4. The fourth-order valence-corrected chi connectivity index (χ4v) is 3.68. The Morgan fingerprint density at radius 2 is 1.57 bits per heavy atom. The van der Waals surface area contributed by atoms with Crippen molar-refractivity contribution in [2.45, 2.75) is 17.1 Å². The monoisotopic (exact) mass is 440 g/mol. The van der Waals surface area contributed by atoms with Crippen LogP contribution in [0.15, 0.2) is 77.7 Å². The second-order valence-corrected chi connectivity index (χ2v) is 8.32. The molecule has 2 N–H and O–H groups in total. The number of benzene rings is 3. The van der Waals surface area contributed by atoms with Gasteiger partial charge in [0, 0.05) is 26.9 Å². The van der Waals surface area contributed by atoms with Gasteiger partial charge < -0.3 is 15.4 Å². The highest BCUT2D eigenvalue weighted by molar-refractivity contribution is 8.00. The Hall–Kier alpha value is -2.96. The number of carbonyl (C=O) groups excluding carboxylic acids is 2. The van der Waals surface area contributed by atoms with E-state index in [1.807, 2.05) is 19.1 Å². The fourth-order valence-electron chi connectivity index (χ4n) is 2.63. The highest BCUT2D eigenvalue weighted by atomic mass is 35.5. The summed E-state index contributed by atoms with van der Waals surface area (Å²) in [7, 11) is 1.60. The van der Waals surface area contributed by atoms with Gasteiger partial charge in [-0.2, -0.15) is 0 Å². The molecule has 5 nitrogen and oxygen atoms in total. The molecule has 7 heteroatoms. The van der Waals surface area contributed by atoms with Crippen LogP contribution in [0.25, 0.3) is 0 Å². The molecule has 3 aromatic rings. The molecule has 3 aromatic carbocycles. The maximum absolute atomic E-state index is 12.4. The second kappa shape index (κ2) is 10.2. The zero-order valence-electron chi connectivity index (χ0n) is 16.5. The third-order valence-electron chi connectivity index (χ3n) is 4.24. The highest BCUT2D eigenvalue weighted by Gasteiger charge is 2.15. The molecule has 0 aliphatic carbocycles. The number of amides is 2. The molecule has 154 valence electrons. The maximum Gasteiger partial charge on any atom is 0.255 e. The zero-order chi connectivity index (χ0) is 21.5. The van der Waals surface area contributed by atoms with Crippen molar-refractivity contribution in [3.05, 3.63) is 83.4 Å². The summed E-state index contributed by atoms with van der Waals surface area (Å²) in [5.74, 6) is 0.409. The van der Waals surface area contributed by atoms with Crippen molar-refractivity contribution < 1.29 is 14.3 Å². The van der Waals surface area contributed by atoms with Crippen LogP contribution in [-0.4, -0.2) is 24.2 Å². The molecule has 0 aromatic heterocycles. The van der Waals surface area contributed by atoms with Crippen LogP contribution in [0, 0.1) is 0 Å². The minimum Gasteiger partial charge on any atom is -0.497 e. The SMILES string of the molecule is COc1ccc(NC(=O)C(C)Sc2ccc(NC(=O)c3cccc(Cl)c3)cc2)cc1. The molecule has 1 atom stereocenters. The molecule has 0 bridgehead atoms. The Morgan fingerprint density at radius 3 is 2.20 bits per heavy atom. The van der Waals surface area contributed by atoms with Gasteiger partial charge in [-0.1, -0.05) is 17.7 Å². The Morgan fingerprint density at radius 1 is 0.933 bits per heavy atom. The van der Waals surface area contributed by atoms with Crippen LogP contribution < -0.4 is 15.4 Å². The van der Waals surface area contributed by atoms with Crippen molar-refractivity contribution in [3.8, 4) is 5.75 Å². The largest absolute Gasteiger partial charge is 0.497 e. The van der Waals surface area contributed by atoms with Gasteiger partial charge in [-0.05, 0) is 73.7 Å². The van der Waals surface area contributed by atoms with E-state index in [4.69, 9.17) is 16.3 Å². The van der Waals surface area contributed by atoms with E-state index in [9.17, 15) is 9.59 Å². The van der Waals surface area contributed by atoms with Gasteiger partial charge in [0.1, 0.15) is 5.75 Å². The summed E-state index contributed by atoms with van der Waals surface area (Å²) in [5.41, 5.74) is 1.87. The van der Waals surface area contributed by atoms with Crippen LogP contribution in [0.3, 0.4) is 0 Å². The topological polar surface area (TPSA) is 67.4 Å². The van der Waals surface area contributed by atoms with E-state index < -0.39 is 0 Å². The van der Waals surface area contributed by atoms with Crippen LogP contribution >= 0.6 is 23.4 Å². The van der Waals surface area contributed by atoms with Gasteiger partial charge >= 0.3 is 0 Å². The minimum absolute atomic E-state index is 0.0940. The quantitative estimate of drug-likeness (QED) is 0.461. The van der Waals surface area contributed by atoms with Gasteiger partial charge in [0.2, 0.25) is 5.91 Å². The van der Waals surface area contributed by atoms with E-state index in [-0.39, 0.29) is 17.1 Å². The molecule has 0 spiro atoms. The number of halogens is 1. The average Bonchev–Trinajstić information content (AvgIpc) is 2.75. The van der Waals surface area contributed by atoms with Crippen molar-refractivity contribution >= 4 is 46.6 Å². The molecular weight excluding hydrogens is 420 g/mol. The number of nitrogens with one attached hydrogen (secondary N) is 2. The summed E-state index contributed by atoms with van der Waals surface area (Å²) >= 11 is 7.37. The second-order valence-electron chi connectivity index (χ2n) is 6.47. The first-order valence-corrected chi connectivity index (χ1v) is 10.5. The molecule has 1 unspecified atom stereocenters. The molecule has 2 amide bonds. The Balaban J connectivity index is 1.55.